The van der Waals surface area contributed by atoms with Gasteiger partial charge in [0.15, 0.2) is 0 Å². The summed E-state index contributed by atoms with van der Waals surface area (Å²) in [6.45, 7) is 3.76. The number of methoxy groups -OCH3 is 1. The number of hydrogen-bond donors (Lipinski definition) is 1. The third kappa shape index (κ3) is 4.79. The largest absolute Gasteiger partial charge is 0.496 e. The van der Waals surface area contributed by atoms with Crippen LogP contribution in [0.5, 0.6) is 5.75 Å². The quantitative estimate of drug-likeness (QED) is 0.879. The molecule has 1 unspecified atom stereocenters. The van der Waals surface area contributed by atoms with Crippen LogP contribution in [0.25, 0.3) is 0 Å². The summed E-state index contributed by atoms with van der Waals surface area (Å²) in [6.07, 6.45) is 5.99. The summed E-state index contributed by atoms with van der Waals surface area (Å²) in [6, 6.07) is 11.5. The highest BCUT2D eigenvalue weighted by molar-refractivity contribution is 5.96. The minimum absolute atomic E-state index is 0.0660. The molecule has 1 atom stereocenters. The fourth-order valence-corrected chi connectivity index (χ4v) is 3.37. The zero-order valence-corrected chi connectivity index (χ0v) is 14.6. The van der Waals surface area contributed by atoms with E-state index in [2.05, 4.69) is 27.3 Å². The topological polar surface area (TPSA) is 54.5 Å². The molecule has 0 saturated carbocycles. The van der Waals surface area contributed by atoms with Gasteiger partial charge in [-0.15, -0.1) is 0 Å². The van der Waals surface area contributed by atoms with Crippen molar-refractivity contribution in [2.45, 2.75) is 19.4 Å². The zero-order chi connectivity index (χ0) is 17.5. The van der Waals surface area contributed by atoms with Crippen LogP contribution in [-0.4, -0.2) is 42.5 Å². The predicted molar refractivity (Wildman–Crippen MR) is 97.6 cm³/mol. The molecular formula is C20H25N3O2. The highest BCUT2D eigenvalue weighted by Crippen LogP contribution is 2.19. The van der Waals surface area contributed by atoms with Gasteiger partial charge in [-0.2, -0.15) is 0 Å². The average molecular weight is 339 g/mol. The first-order valence-electron chi connectivity index (χ1n) is 8.78. The third-order valence-corrected chi connectivity index (χ3v) is 4.66. The summed E-state index contributed by atoms with van der Waals surface area (Å²) >= 11 is 0. The second-order valence-corrected chi connectivity index (χ2v) is 6.51. The monoisotopic (exact) mass is 339 g/mol. The Morgan fingerprint density at radius 2 is 2.08 bits per heavy atom. The maximum absolute atomic E-state index is 12.4. The number of likely N-dealkylation sites (tertiary alicyclic amines) is 1. The Balaban J connectivity index is 1.52. The molecule has 2 aromatic rings. The molecule has 0 spiro atoms. The van der Waals surface area contributed by atoms with E-state index in [9.17, 15) is 4.79 Å². The van der Waals surface area contributed by atoms with Crippen LogP contribution in [0.4, 0.5) is 0 Å². The van der Waals surface area contributed by atoms with Gasteiger partial charge in [-0.05, 0) is 55.1 Å². The Hall–Kier alpha value is -2.40. The SMILES string of the molecule is COc1ccccc1C(=O)NCC1CCCN(Cc2ccncc2)C1. The number of para-hydroxylation sites is 1. The molecule has 1 N–H and O–H groups in total. The van der Waals surface area contributed by atoms with Crippen molar-refractivity contribution in [1.29, 1.82) is 0 Å². The van der Waals surface area contributed by atoms with E-state index in [1.807, 2.05) is 30.6 Å². The number of benzene rings is 1. The summed E-state index contributed by atoms with van der Waals surface area (Å²) < 4.78 is 5.27. The van der Waals surface area contributed by atoms with Crippen LogP contribution in [-0.2, 0) is 6.54 Å². The smallest absolute Gasteiger partial charge is 0.255 e. The highest BCUT2D eigenvalue weighted by Gasteiger charge is 2.21. The van der Waals surface area contributed by atoms with Gasteiger partial charge in [0, 0.05) is 32.0 Å². The molecule has 1 amide bonds. The van der Waals surface area contributed by atoms with E-state index in [-0.39, 0.29) is 5.91 Å². The lowest BCUT2D eigenvalue weighted by molar-refractivity contribution is 0.0927. The van der Waals surface area contributed by atoms with Gasteiger partial charge in [-0.25, -0.2) is 0 Å². The summed E-state index contributed by atoms with van der Waals surface area (Å²) in [5.74, 6) is 1.03. The van der Waals surface area contributed by atoms with E-state index in [0.29, 0.717) is 23.8 Å². The first-order valence-corrected chi connectivity index (χ1v) is 8.78. The number of carbonyl (C=O) groups is 1. The van der Waals surface area contributed by atoms with Crippen LogP contribution in [0, 0.1) is 5.92 Å². The molecule has 132 valence electrons. The summed E-state index contributed by atoms with van der Waals surface area (Å²) in [5.41, 5.74) is 1.88. The lowest BCUT2D eigenvalue weighted by Gasteiger charge is -2.32. The van der Waals surface area contributed by atoms with Crippen LogP contribution in [0.3, 0.4) is 0 Å². The fourth-order valence-electron chi connectivity index (χ4n) is 3.37. The van der Waals surface area contributed by atoms with E-state index >= 15 is 0 Å². The second kappa shape index (κ2) is 8.62. The Labute approximate surface area is 149 Å². The Morgan fingerprint density at radius 1 is 1.28 bits per heavy atom. The fraction of sp³-hybridized carbons (Fsp3) is 0.400. The molecule has 0 radical (unpaired) electrons. The van der Waals surface area contributed by atoms with Crippen LogP contribution in [0.15, 0.2) is 48.8 Å². The first kappa shape index (κ1) is 17.4. The minimum atomic E-state index is -0.0660. The molecule has 1 aromatic heterocycles. The molecule has 2 heterocycles. The number of ether oxygens (including phenoxy) is 1. The van der Waals surface area contributed by atoms with Gasteiger partial charge in [-0.3, -0.25) is 14.7 Å². The van der Waals surface area contributed by atoms with Gasteiger partial charge in [0.25, 0.3) is 5.91 Å². The van der Waals surface area contributed by atoms with E-state index in [4.69, 9.17) is 4.74 Å². The number of rotatable bonds is 6. The van der Waals surface area contributed by atoms with Gasteiger partial charge < -0.3 is 10.1 Å². The molecule has 1 fully saturated rings. The number of piperidine rings is 1. The van der Waals surface area contributed by atoms with Crippen LogP contribution < -0.4 is 10.1 Å². The van der Waals surface area contributed by atoms with Gasteiger partial charge in [0.2, 0.25) is 0 Å². The number of aromatic nitrogens is 1. The van der Waals surface area contributed by atoms with E-state index < -0.39 is 0 Å². The molecule has 0 bridgehead atoms. The lowest BCUT2D eigenvalue weighted by Crippen LogP contribution is -2.40. The van der Waals surface area contributed by atoms with Crippen molar-refractivity contribution < 1.29 is 9.53 Å². The number of carbonyl (C=O) groups excluding carboxylic acids is 1. The lowest BCUT2D eigenvalue weighted by atomic mass is 9.97. The number of hydrogen-bond acceptors (Lipinski definition) is 4. The van der Waals surface area contributed by atoms with Crippen LogP contribution in [0.2, 0.25) is 0 Å². The number of nitrogens with one attached hydrogen (secondary N) is 1. The van der Waals surface area contributed by atoms with Gasteiger partial charge in [0.1, 0.15) is 5.75 Å². The highest BCUT2D eigenvalue weighted by atomic mass is 16.5. The van der Waals surface area contributed by atoms with Crippen molar-refractivity contribution in [2.75, 3.05) is 26.7 Å². The summed E-state index contributed by atoms with van der Waals surface area (Å²) in [4.78, 5) is 19.0. The van der Waals surface area contributed by atoms with Crippen molar-refractivity contribution in [1.82, 2.24) is 15.2 Å². The molecule has 1 aliphatic heterocycles. The van der Waals surface area contributed by atoms with Crippen LogP contribution >= 0.6 is 0 Å². The number of pyridine rings is 1. The number of amides is 1. The van der Waals surface area contributed by atoms with Gasteiger partial charge in [0.05, 0.1) is 12.7 Å². The van der Waals surface area contributed by atoms with Crippen molar-refractivity contribution in [3.8, 4) is 5.75 Å². The Kier molecular flexibility index (Phi) is 6.01. The van der Waals surface area contributed by atoms with Gasteiger partial charge in [-0.1, -0.05) is 12.1 Å². The van der Waals surface area contributed by atoms with Crippen molar-refractivity contribution in [3.63, 3.8) is 0 Å². The normalized spacial score (nSPS) is 17.9. The number of nitrogens with zero attached hydrogens (tertiary/aromatic N) is 2. The maximum Gasteiger partial charge on any atom is 0.255 e. The van der Waals surface area contributed by atoms with Gasteiger partial charge >= 0.3 is 0 Å². The van der Waals surface area contributed by atoms with Crippen molar-refractivity contribution in [3.05, 3.63) is 59.9 Å². The molecular weight excluding hydrogens is 314 g/mol. The Bertz CT molecular complexity index is 690. The first-order chi connectivity index (χ1) is 12.3. The molecule has 0 aliphatic carbocycles. The summed E-state index contributed by atoms with van der Waals surface area (Å²) in [7, 11) is 1.59. The third-order valence-electron chi connectivity index (χ3n) is 4.66. The molecule has 3 rings (SSSR count). The van der Waals surface area contributed by atoms with Crippen molar-refractivity contribution >= 4 is 5.91 Å². The molecule has 5 heteroatoms. The maximum atomic E-state index is 12.4. The second-order valence-electron chi connectivity index (χ2n) is 6.51. The molecule has 1 aromatic carbocycles. The molecule has 1 aliphatic rings. The minimum Gasteiger partial charge on any atom is -0.496 e. The van der Waals surface area contributed by atoms with E-state index in [0.717, 1.165) is 26.1 Å². The van der Waals surface area contributed by atoms with Crippen molar-refractivity contribution in [2.24, 2.45) is 5.92 Å². The summed E-state index contributed by atoms with van der Waals surface area (Å²) in [5, 5.41) is 3.07. The van der Waals surface area contributed by atoms with Crippen LogP contribution in [0.1, 0.15) is 28.8 Å². The Morgan fingerprint density at radius 3 is 2.88 bits per heavy atom. The molecule has 25 heavy (non-hydrogen) atoms. The standard InChI is InChI=1S/C20H25N3O2/c1-25-19-7-3-2-6-18(19)20(24)22-13-17-5-4-12-23(15-17)14-16-8-10-21-11-9-16/h2-3,6-11,17H,4-5,12-15H2,1H3,(H,22,24). The van der Waals surface area contributed by atoms with E-state index in [1.165, 1.54) is 12.0 Å². The molecule has 1 saturated heterocycles. The zero-order valence-electron chi connectivity index (χ0n) is 14.6. The predicted octanol–water partition coefficient (Wildman–Crippen LogP) is 2.73. The molecule has 5 nitrogen and oxygen atoms in total. The average Bonchev–Trinajstić information content (AvgIpc) is 2.67. The van der Waals surface area contributed by atoms with E-state index in [1.54, 1.807) is 13.2 Å².